The van der Waals surface area contributed by atoms with Gasteiger partial charge in [-0.05, 0) is 43.3 Å². The van der Waals surface area contributed by atoms with Crippen LogP contribution >= 0.6 is 27.3 Å². The van der Waals surface area contributed by atoms with E-state index < -0.39 is 5.41 Å². The van der Waals surface area contributed by atoms with Crippen molar-refractivity contribution in [3.63, 3.8) is 0 Å². The van der Waals surface area contributed by atoms with E-state index in [1.165, 1.54) is 11.3 Å². The Kier molecular flexibility index (Phi) is 5.19. The van der Waals surface area contributed by atoms with Crippen LogP contribution in [0.3, 0.4) is 0 Å². The van der Waals surface area contributed by atoms with Gasteiger partial charge in [-0.3, -0.25) is 9.59 Å². The predicted molar refractivity (Wildman–Crippen MR) is 94.6 cm³/mol. The minimum absolute atomic E-state index is 0.00839. The van der Waals surface area contributed by atoms with E-state index in [0.29, 0.717) is 4.88 Å². The van der Waals surface area contributed by atoms with Gasteiger partial charge < -0.3 is 5.32 Å². The van der Waals surface area contributed by atoms with E-state index in [1.54, 1.807) is 13.8 Å². The number of Topliss-reactive ketones (excluding diaryl/α,β-unsaturated/α-hetero) is 1. The van der Waals surface area contributed by atoms with Crippen molar-refractivity contribution in [2.45, 2.75) is 27.2 Å². The summed E-state index contributed by atoms with van der Waals surface area (Å²) in [4.78, 5) is 26.5. The second kappa shape index (κ2) is 6.75. The SMILES string of the molecule is Cc1ccc(C(=O)CC(C)(C)C(=O)Nc2ccc(Br)cc2)s1. The second-order valence-corrected chi connectivity index (χ2v) is 8.06. The number of anilines is 1. The fourth-order valence-corrected chi connectivity index (χ4v) is 3.06. The monoisotopic (exact) mass is 379 g/mol. The number of hydrogen-bond donors (Lipinski definition) is 1. The predicted octanol–water partition coefficient (Wildman–Crippen LogP) is 5.06. The minimum atomic E-state index is -0.762. The summed E-state index contributed by atoms with van der Waals surface area (Å²) >= 11 is 4.82. The Morgan fingerprint density at radius 1 is 1.14 bits per heavy atom. The Morgan fingerprint density at radius 2 is 1.77 bits per heavy atom. The van der Waals surface area contributed by atoms with Crippen molar-refractivity contribution in [1.29, 1.82) is 0 Å². The third kappa shape index (κ3) is 4.27. The molecule has 0 aliphatic rings. The molecule has 0 bridgehead atoms. The molecule has 0 saturated heterocycles. The van der Waals surface area contributed by atoms with Crippen LogP contribution in [-0.4, -0.2) is 11.7 Å². The zero-order chi connectivity index (χ0) is 16.3. The van der Waals surface area contributed by atoms with Crippen LogP contribution in [0.25, 0.3) is 0 Å². The molecular formula is C17H18BrNO2S. The van der Waals surface area contributed by atoms with Crippen molar-refractivity contribution in [3.05, 3.63) is 50.6 Å². The fourth-order valence-electron chi connectivity index (χ4n) is 1.99. The number of ketones is 1. The Hall–Kier alpha value is -1.46. The Bertz CT molecular complexity index is 689. The lowest BCUT2D eigenvalue weighted by molar-refractivity contribution is -0.123. The average molecular weight is 380 g/mol. The Balaban J connectivity index is 2.03. The Labute approximate surface area is 142 Å². The Morgan fingerprint density at radius 3 is 2.32 bits per heavy atom. The standard InChI is InChI=1S/C17H18BrNO2S/c1-11-4-9-15(22-11)14(20)10-17(2,3)16(21)19-13-7-5-12(18)6-8-13/h4-9H,10H2,1-3H3,(H,19,21). The van der Waals surface area contributed by atoms with Crippen molar-refractivity contribution in [3.8, 4) is 0 Å². The lowest BCUT2D eigenvalue weighted by Crippen LogP contribution is -2.32. The summed E-state index contributed by atoms with van der Waals surface area (Å²) in [7, 11) is 0. The number of amides is 1. The first-order chi connectivity index (χ1) is 10.3. The molecule has 22 heavy (non-hydrogen) atoms. The molecule has 3 nitrogen and oxygen atoms in total. The van der Waals surface area contributed by atoms with E-state index in [1.807, 2.05) is 43.3 Å². The number of rotatable bonds is 5. The maximum atomic E-state index is 12.4. The molecule has 0 spiro atoms. The first-order valence-corrected chi connectivity index (χ1v) is 8.55. The van der Waals surface area contributed by atoms with Gasteiger partial charge in [0, 0.05) is 21.5 Å². The summed E-state index contributed by atoms with van der Waals surface area (Å²) < 4.78 is 0.952. The lowest BCUT2D eigenvalue weighted by Gasteiger charge is -2.22. The maximum absolute atomic E-state index is 12.4. The molecule has 116 valence electrons. The molecule has 1 heterocycles. The zero-order valence-electron chi connectivity index (χ0n) is 12.8. The van der Waals surface area contributed by atoms with Crippen molar-refractivity contribution < 1.29 is 9.59 Å². The summed E-state index contributed by atoms with van der Waals surface area (Å²) in [6, 6.07) is 11.1. The number of nitrogens with one attached hydrogen (secondary N) is 1. The first-order valence-electron chi connectivity index (χ1n) is 6.94. The van der Waals surface area contributed by atoms with Crippen LogP contribution in [0.4, 0.5) is 5.69 Å². The van der Waals surface area contributed by atoms with Crippen LogP contribution in [0.15, 0.2) is 40.9 Å². The van der Waals surface area contributed by atoms with Gasteiger partial charge in [0.25, 0.3) is 0 Å². The number of hydrogen-bond acceptors (Lipinski definition) is 3. The van der Waals surface area contributed by atoms with Gasteiger partial charge in [-0.1, -0.05) is 29.8 Å². The van der Waals surface area contributed by atoms with E-state index in [9.17, 15) is 9.59 Å². The highest BCUT2D eigenvalue weighted by molar-refractivity contribution is 9.10. The van der Waals surface area contributed by atoms with E-state index >= 15 is 0 Å². The van der Waals surface area contributed by atoms with Crippen LogP contribution in [0.1, 0.15) is 34.8 Å². The van der Waals surface area contributed by atoms with Crippen molar-refractivity contribution in [1.82, 2.24) is 0 Å². The van der Waals surface area contributed by atoms with E-state index in [0.717, 1.165) is 15.0 Å². The van der Waals surface area contributed by atoms with Crippen molar-refractivity contribution in [2.75, 3.05) is 5.32 Å². The van der Waals surface area contributed by atoms with Crippen LogP contribution in [-0.2, 0) is 4.79 Å². The van der Waals surface area contributed by atoms with Gasteiger partial charge in [0.1, 0.15) is 0 Å². The highest BCUT2D eigenvalue weighted by atomic mass is 79.9. The smallest absolute Gasteiger partial charge is 0.230 e. The molecule has 1 N–H and O–H groups in total. The van der Waals surface area contributed by atoms with Crippen molar-refractivity contribution >= 4 is 44.6 Å². The third-order valence-electron chi connectivity index (χ3n) is 3.33. The summed E-state index contributed by atoms with van der Waals surface area (Å²) in [5, 5.41) is 2.86. The molecule has 1 aromatic heterocycles. The molecule has 1 amide bonds. The number of thiophene rings is 1. The molecule has 0 fully saturated rings. The van der Waals surface area contributed by atoms with Gasteiger partial charge in [-0.2, -0.15) is 0 Å². The lowest BCUT2D eigenvalue weighted by atomic mass is 9.86. The molecule has 1 aromatic carbocycles. The topological polar surface area (TPSA) is 46.2 Å². The van der Waals surface area contributed by atoms with Crippen molar-refractivity contribution in [2.24, 2.45) is 5.41 Å². The maximum Gasteiger partial charge on any atom is 0.230 e. The van der Waals surface area contributed by atoms with Gasteiger partial charge in [-0.25, -0.2) is 0 Å². The fraction of sp³-hybridized carbons (Fsp3) is 0.294. The summed E-state index contributed by atoms with van der Waals surface area (Å²) in [6.07, 6.45) is 0.190. The normalized spacial score (nSPS) is 11.3. The molecule has 0 unspecified atom stereocenters. The van der Waals surface area contributed by atoms with Gasteiger partial charge >= 0.3 is 0 Å². The van der Waals surface area contributed by atoms with Crippen LogP contribution in [0.5, 0.6) is 0 Å². The second-order valence-electron chi connectivity index (χ2n) is 5.86. The van der Waals surface area contributed by atoms with Crippen LogP contribution in [0.2, 0.25) is 0 Å². The number of aryl methyl sites for hydroxylation is 1. The molecule has 0 radical (unpaired) electrons. The average Bonchev–Trinajstić information content (AvgIpc) is 2.87. The summed E-state index contributed by atoms with van der Waals surface area (Å²) in [6.45, 7) is 5.55. The van der Waals surface area contributed by atoms with Gasteiger partial charge in [0.15, 0.2) is 5.78 Å². The zero-order valence-corrected chi connectivity index (χ0v) is 15.2. The molecule has 2 aromatic rings. The summed E-state index contributed by atoms with van der Waals surface area (Å²) in [5.41, 5.74) is -0.0390. The minimum Gasteiger partial charge on any atom is -0.326 e. The van der Waals surface area contributed by atoms with Crippen LogP contribution in [0, 0.1) is 12.3 Å². The molecule has 0 aliphatic heterocycles. The first kappa shape index (κ1) is 16.9. The number of benzene rings is 1. The van der Waals surface area contributed by atoms with E-state index in [2.05, 4.69) is 21.2 Å². The van der Waals surface area contributed by atoms with Gasteiger partial charge in [-0.15, -0.1) is 11.3 Å². The van der Waals surface area contributed by atoms with Crippen LogP contribution < -0.4 is 5.32 Å². The largest absolute Gasteiger partial charge is 0.326 e. The van der Waals surface area contributed by atoms with Gasteiger partial charge in [0.05, 0.1) is 10.3 Å². The number of carbonyl (C=O) groups excluding carboxylic acids is 2. The third-order valence-corrected chi connectivity index (χ3v) is 4.90. The molecule has 2 rings (SSSR count). The van der Waals surface area contributed by atoms with Gasteiger partial charge in [0.2, 0.25) is 5.91 Å². The number of halogens is 1. The highest BCUT2D eigenvalue weighted by Gasteiger charge is 2.31. The molecular weight excluding hydrogens is 362 g/mol. The van der Waals surface area contributed by atoms with E-state index in [-0.39, 0.29) is 18.1 Å². The number of carbonyl (C=O) groups is 2. The highest BCUT2D eigenvalue weighted by Crippen LogP contribution is 2.27. The molecule has 5 heteroatoms. The molecule has 0 saturated carbocycles. The van der Waals surface area contributed by atoms with E-state index in [4.69, 9.17) is 0 Å². The molecule has 0 atom stereocenters. The summed E-state index contributed by atoms with van der Waals surface area (Å²) in [5.74, 6) is -0.148. The quantitative estimate of drug-likeness (QED) is 0.738. The molecule has 0 aliphatic carbocycles.